The van der Waals surface area contributed by atoms with Gasteiger partial charge in [-0.3, -0.25) is 4.90 Å². The predicted octanol–water partition coefficient (Wildman–Crippen LogP) is 3.08. The molecule has 3 nitrogen and oxygen atoms in total. The van der Waals surface area contributed by atoms with Crippen LogP contribution in [-0.2, 0) is 0 Å². The van der Waals surface area contributed by atoms with E-state index in [2.05, 4.69) is 11.8 Å². The third-order valence-electron chi connectivity index (χ3n) is 3.54. The SMILES string of the molecule is CCCCN1CCC2(C1)Oc1ccccc1O2.Cl. The Kier molecular flexibility index (Phi) is 4.03. The van der Waals surface area contributed by atoms with Crippen LogP contribution < -0.4 is 9.47 Å². The summed E-state index contributed by atoms with van der Waals surface area (Å²) in [5.41, 5.74) is 0. The Balaban J connectivity index is 0.00000120. The summed E-state index contributed by atoms with van der Waals surface area (Å²) in [5.74, 6) is 1.38. The van der Waals surface area contributed by atoms with Gasteiger partial charge in [-0.05, 0) is 25.1 Å². The lowest BCUT2D eigenvalue weighted by atomic mass is 10.2. The fourth-order valence-electron chi connectivity index (χ4n) is 2.61. The highest BCUT2D eigenvalue weighted by Gasteiger charge is 2.46. The van der Waals surface area contributed by atoms with Crippen LogP contribution in [0.25, 0.3) is 0 Å². The van der Waals surface area contributed by atoms with E-state index in [9.17, 15) is 0 Å². The number of benzene rings is 1. The number of para-hydroxylation sites is 2. The molecule has 0 radical (unpaired) electrons. The first-order valence-electron chi connectivity index (χ1n) is 6.51. The molecule has 4 heteroatoms. The minimum Gasteiger partial charge on any atom is -0.447 e. The maximum absolute atomic E-state index is 6.00. The maximum Gasteiger partial charge on any atom is 0.265 e. The molecule has 0 atom stereocenters. The molecule has 0 aromatic heterocycles. The predicted molar refractivity (Wildman–Crippen MR) is 73.6 cm³/mol. The molecule has 2 aliphatic rings. The quantitative estimate of drug-likeness (QED) is 0.842. The number of unbranched alkanes of at least 4 members (excludes halogenated alkanes) is 1. The lowest BCUT2D eigenvalue weighted by Gasteiger charge is -2.23. The summed E-state index contributed by atoms with van der Waals surface area (Å²) >= 11 is 0. The smallest absolute Gasteiger partial charge is 0.265 e. The lowest BCUT2D eigenvalue weighted by Crippen LogP contribution is -2.41. The molecule has 1 spiro atoms. The molecule has 0 unspecified atom stereocenters. The average Bonchev–Trinajstić information content (AvgIpc) is 2.90. The second-order valence-electron chi connectivity index (χ2n) is 4.94. The molecule has 0 N–H and O–H groups in total. The Bertz CT molecular complexity index is 386. The molecule has 1 aromatic carbocycles. The van der Waals surface area contributed by atoms with Crippen molar-refractivity contribution in [3.63, 3.8) is 0 Å². The third kappa shape index (κ3) is 2.43. The summed E-state index contributed by atoms with van der Waals surface area (Å²) in [4.78, 5) is 2.44. The first-order chi connectivity index (χ1) is 8.31. The Morgan fingerprint density at radius 3 is 2.50 bits per heavy atom. The minimum absolute atomic E-state index is 0. The Labute approximate surface area is 114 Å². The second-order valence-corrected chi connectivity index (χ2v) is 4.94. The van der Waals surface area contributed by atoms with Crippen molar-refractivity contribution in [1.29, 1.82) is 0 Å². The molecule has 100 valence electrons. The van der Waals surface area contributed by atoms with Gasteiger partial charge >= 0.3 is 0 Å². The van der Waals surface area contributed by atoms with Gasteiger partial charge in [0.2, 0.25) is 0 Å². The summed E-state index contributed by atoms with van der Waals surface area (Å²) in [7, 11) is 0. The number of rotatable bonds is 3. The van der Waals surface area contributed by atoms with E-state index in [1.807, 2.05) is 24.3 Å². The van der Waals surface area contributed by atoms with Crippen LogP contribution in [0.2, 0.25) is 0 Å². The van der Waals surface area contributed by atoms with Gasteiger partial charge in [-0.2, -0.15) is 0 Å². The largest absolute Gasteiger partial charge is 0.447 e. The van der Waals surface area contributed by atoms with E-state index < -0.39 is 5.79 Å². The van der Waals surface area contributed by atoms with Crippen molar-refractivity contribution in [2.75, 3.05) is 19.6 Å². The average molecular weight is 270 g/mol. The van der Waals surface area contributed by atoms with E-state index >= 15 is 0 Å². The van der Waals surface area contributed by atoms with Crippen molar-refractivity contribution in [3.8, 4) is 11.5 Å². The topological polar surface area (TPSA) is 21.7 Å². The highest BCUT2D eigenvalue weighted by Crippen LogP contribution is 2.42. The van der Waals surface area contributed by atoms with Crippen LogP contribution in [0.4, 0.5) is 0 Å². The van der Waals surface area contributed by atoms with E-state index in [4.69, 9.17) is 9.47 Å². The lowest BCUT2D eigenvalue weighted by molar-refractivity contribution is -0.0673. The van der Waals surface area contributed by atoms with E-state index in [0.29, 0.717) is 0 Å². The summed E-state index contributed by atoms with van der Waals surface area (Å²) in [6.45, 7) is 5.35. The molecule has 2 aliphatic heterocycles. The van der Waals surface area contributed by atoms with Gasteiger partial charge in [-0.25, -0.2) is 0 Å². The van der Waals surface area contributed by atoms with Crippen molar-refractivity contribution in [3.05, 3.63) is 24.3 Å². The van der Waals surface area contributed by atoms with Crippen LogP contribution in [0.15, 0.2) is 24.3 Å². The zero-order valence-electron chi connectivity index (χ0n) is 10.7. The van der Waals surface area contributed by atoms with Gasteiger partial charge in [-0.15, -0.1) is 12.4 Å². The molecule has 1 aromatic rings. The fourth-order valence-corrected chi connectivity index (χ4v) is 2.61. The van der Waals surface area contributed by atoms with E-state index in [1.54, 1.807) is 0 Å². The third-order valence-corrected chi connectivity index (χ3v) is 3.54. The minimum atomic E-state index is -0.405. The summed E-state index contributed by atoms with van der Waals surface area (Å²) in [6.07, 6.45) is 3.46. The van der Waals surface area contributed by atoms with Crippen LogP contribution >= 0.6 is 12.4 Å². The van der Waals surface area contributed by atoms with Gasteiger partial charge in [0.05, 0.1) is 6.54 Å². The van der Waals surface area contributed by atoms with E-state index in [1.165, 1.54) is 12.8 Å². The molecule has 1 fully saturated rings. The Hall–Kier alpha value is -0.930. The molecular formula is C14H20ClNO2. The highest BCUT2D eigenvalue weighted by molar-refractivity contribution is 5.85. The highest BCUT2D eigenvalue weighted by atomic mass is 35.5. The maximum atomic E-state index is 6.00. The number of hydrogen-bond acceptors (Lipinski definition) is 3. The van der Waals surface area contributed by atoms with Crippen molar-refractivity contribution >= 4 is 12.4 Å². The van der Waals surface area contributed by atoms with E-state index in [-0.39, 0.29) is 12.4 Å². The molecule has 3 rings (SSSR count). The fraction of sp³-hybridized carbons (Fsp3) is 0.571. The first kappa shape index (κ1) is 13.5. The normalized spacial score (nSPS) is 20.1. The van der Waals surface area contributed by atoms with Crippen molar-refractivity contribution in [2.24, 2.45) is 0 Å². The van der Waals surface area contributed by atoms with Crippen LogP contribution in [0, 0.1) is 0 Å². The monoisotopic (exact) mass is 269 g/mol. The summed E-state index contributed by atoms with van der Waals surface area (Å²) < 4.78 is 12.0. The summed E-state index contributed by atoms with van der Waals surface area (Å²) in [6, 6.07) is 7.95. The van der Waals surface area contributed by atoms with Crippen LogP contribution in [0.3, 0.4) is 0 Å². The van der Waals surface area contributed by atoms with Crippen molar-refractivity contribution < 1.29 is 9.47 Å². The molecule has 1 saturated heterocycles. The molecule has 0 amide bonds. The molecule has 0 saturated carbocycles. The van der Waals surface area contributed by atoms with Gasteiger partial charge in [0.15, 0.2) is 11.5 Å². The van der Waals surface area contributed by atoms with Gasteiger partial charge < -0.3 is 9.47 Å². The van der Waals surface area contributed by atoms with Crippen LogP contribution in [-0.4, -0.2) is 30.3 Å². The van der Waals surface area contributed by atoms with Crippen molar-refractivity contribution in [2.45, 2.75) is 32.0 Å². The first-order valence-corrected chi connectivity index (χ1v) is 6.51. The van der Waals surface area contributed by atoms with Gasteiger partial charge in [0, 0.05) is 13.0 Å². The van der Waals surface area contributed by atoms with Crippen LogP contribution in [0.1, 0.15) is 26.2 Å². The second kappa shape index (κ2) is 5.37. The molecule has 0 aliphatic carbocycles. The zero-order valence-corrected chi connectivity index (χ0v) is 11.5. The molecule has 2 heterocycles. The standard InChI is InChI=1S/C14H19NO2.ClH/c1-2-3-9-15-10-8-14(11-15)16-12-6-4-5-7-13(12)17-14;/h4-7H,2-3,8-11H2,1H3;1H. The number of nitrogens with zero attached hydrogens (tertiary/aromatic N) is 1. The number of ether oxygens (including phenoxy) is 2. The van der Waals surface area contributed by atoms with E-state index in [0.717, 1.165) is 37.6 Å². The number of fused-ring (bicyclic) bond motifs is 1. The number of likely N-dealkylation sites (tertiary alicyclic amines) is 1. The van der Waals surface area contributed by atoms with Crippen LogP contribution in [0.5, 0.6) is 11.5 Å². The Morgan fingerprint density at radius 1 is 1.22 bits per heavy atom. The van der Waals surface area contributed by atoms with Gasteiger partial charge in [-0.1, -0.05) is 25.5 Å². The van der Waals surface area contributed by atoms with Crippen molar-refractivity contribution in [1.82, 2.24) is 4.90 Å². The molecule has 0 bridgehead atoms. The Morgan fingerprint density at radius 2 is 1.89 bits per heavy atom. The van der Waals surface area contributed by atoms with Gasteiger partial charge in [0.1, 0.15) is 0 Å². The molecular weight excluding hydrogens is 250 g/mol. The number of halogens is 1. The number of hydrogen-bond donors (Lipinski definition) is 0. The zero-order chi connectivity index (χ0) is 11.7. The summed E-state index contributed by atoms with van der Waals surface area (Å²) in [5, 5.41) is 0. The molecule has 18 heavy (non-hydrogen) atoms. The van der Waals surface area contributed by atoms with Gasteiger partial charge in [0.25, 0.3) is 5.79 Å².